The number of aliphatic hydroxyl groups excluding tert-OH is 1. The lowest BCUT2D eigenvalue weighted by atomic mass is 10.8. The first-order valence-corrected chi connectivity index (χ1v) is 4.01. The first kappa shape index (κ1) is 14.7. The van der Waals surface area contributed by atoms with Crippen LogP contribution in [0.15, 0.2) is 0 Å². The zero-order valence-electron chi connectivity index (χ0n) is 8.71. The molecule has 0 radical (unpaired) electrons. The van der Waals surface area contributed by atoms with Crippen LogP contribution in [0.4, 0.5) is 0 Å². The number of nitrogens with zero attached hydrogens (tertiary/aromatic N) is 2. The van der Waals surface area contributed by atoms with Crippen LogP contribution in [-0.2, 0) is 0 Å². The first-order valence-electron chi connectivity index (χ1n) is 4.01. The topological polar surface area (TPSA) is 23.5 Å². The Morgan fingerprint density at radius 1 is 1.17 bits per heavy atom. The molecule has 0 aromatic carbocycles. The van der Waals surface area contributed by atoms with E-state index in [-0.39, 0.29) is 18.5 Å². The van der Waals surface area contributed by atoms with Crippen molar-refractivity contribution < 1.29 is 22.1 Å². The summed E-state index contributed by atoms with van der Waals surface area (Å²) in [5, 5.41) is 10.3. The van der Waals surface area contributed by atoms with Crippen molar-refractivity contribution in [3.8, 4) is 0 Å². The average molecular weight is 197 g/mol. The van der Waals surface area contributed by atoms with Crippen molar-refractivity contribution in [2.75, 3.05) is 35.2 Å². The number of quaternary nitrogens is 1. The van der Waals surface area contributed by atoms with Gasteiger partial charge in [-0.05, 0) is 12.8 Å². The molecule has 1 rings (SSSR count). The van der Waals surface area contributed by atoms with E-state index in [0.717, 1.165) is 17.4 Å². The van der Waals surface area contributed by atoms with Gasteiger partial charge in [-0.15, -0.1) is 0 Å². The Hall–Kier alpha value is 0.170. The van der Waals surface area contributed by atoms with Gasteiger partial charge in [-0.25, -0.2) is 0 Å². The lowest BCUT2D eigenvalue weighted by molar-refractivity contribution is -0.980. The molecule has 0 spiro atoms. The number of halogens is 1. The molecule has 1 aliphatic rings. The quantitative estimate of drug-likeness (QED) is 0.365. The maximum Gasteiger partial charge on any atom is 0.0855 e. The number of hydrogen-bond donors (Lipinski definition) is 1. The Morgan fingerprint density at radius 3 is 1.33 bits per heavy atom. The van der Waals surface area contributed by atoms with Crippen LogP contribution in [0.1, 0.15) is 12.8 Å². The molecular weight excluding hydrogens is 176 g/mol. The molecule has 3 nitrogen and oxygen atoms in total. The molecule has 0 heterocycles. The van der Waals surface area contributed by atoms with E-state index in [1.165, 1.54) is 0 Å². The third-order valence-electron chi connectivity index (χ3n) is 1.75. The van der Waals surface area contributed by atoms with Gasteiger partial charge in [0.25, 0.3) is 0 Å². The predicted molar refractivity (Wildman–Crippen MR) is 47.0 cm³/mol. The summed E-state index contributed by atoms with van der Waals surface area (Å²) in [6.45, 7) is 0. The molecule has 1 aliphatic carbocycles. The van der Waals surface area contributed by atoms with Crippen molar-refractivity contribution in [1.29, 1.82) is 0 Å². The highest BCUT2D eigenvalue weighted by atomic mass is 35.5. The number of hydrogen-bond acceptors (Lipinski definition) is 2. The Kier molecular flexibility index (Phi) is 7.04. The van der Waals surface area contributed by atoms with Gasteiger partial charge in [-0.1, -0.05) is 0 Å². The summed E-state index contributed by atoms with van der Waals surface area (Å²) in [4.78, 5) is 0. The van der Waals surface area contributed by atoms with E-state index >= 15 is 0 Å². The number of rotatable bonds is 1. The van der Waals surface area contributed by atoms with E-state index in [4.69, 9.17) is 5.11 Å². The Labute approximate surface area is 81.9 Å². The molecule has 0 saturated heterocycles. The van der Waals surface area contributed by atoms with E-state index in [9.17, 15) is 0 Å². The standard InChI is InChI=1S/C5H15N2.C3H6O.ClH/c1-6(2)7(3,4)5;4-3-1-2-3;/h1-5H3;3-4H,1-2H2;1H/q+1;;/p-1. The Morgan fingerprint density at radius 2 is 1.33 bits per heavy atom. The molecule has 0 unspecified atom stereocenters. The summed E-state index contributed by atoms with van der Waals surface area (Å²) >= 11 is 0. The molecule has 0 aromatic rings. The molecule has 76 valence electrons. The molecule has 4 heteroatoms. The fraction of sp³-hybridized carbons (Fsp3) is 1.00. The van der Waals surface area contributed by atoms with Gasteiger partial charge in [-0.2, -0.15) is 5.01 Å². The van der Waals surface area contributed by atoms with E-state index in [1.54, 1.807) is 0 Å². The van der Waals surface area contributed by atoms with E-state index in [2.05, 4.69) is 40.2 Å². The summed E-state index contributed by atoms with van der Waals surface area (Å²) in [5.74, 6) is 0. The molecule has 0 aliphatic heterocycles. The fourth-order valence-corrected chi connectivity index (χ4v) is 0.0745. The summed E-state index contributed by atoms with van der Waals surface area (Å²) in [5.41, 5.74) is 0. The molecule has 1 saturated carbocycles. The van der Waals surface area contributed by atoms with Crippen LogP contribution in [0.3, 0.4) is 0 Å². The molecule has 0 bridgehead atoms. The fourth-order valence-electron chi connectivity index (χ4n) is 0.0745. The molecule has 0 atom stereocenters. The highest BCUT2D eigenvalue weighted by molar-refractivity contribution is 4.68. The molecule has 0 aromatic heterocycles. The van der Waals surface area contributed by atoms with Gasteiger partial charge in [0.15, 0.2) is 0 Å². The van der Waals surface area contributed by atoms with Crippen molar-refractivity contribution in [1.82, 2.24) is 5.01 Å². The van der Waals surface area contributed by atoms with Crippen LogP contribution >= 0.6 is 0 Å². The molecule has 0 amide bonds. The lowest BCUT2D eigenvalue weighted by Crippen LogP contribution is -3.00. The average Bonchev–Trinajstić information content (AvgIpc) is 2.49. The highest BCUT2D eigenvalue weighted by Crippen LogP contribution is 2.16. The molecule has 1 N–H and O–H groups in total. The zero-order valence-corrected chi connectivity index (χ0v) is 9.47. The first-order chi connectivity index (χ1) is 4.84. The zero-order chi connectivity index (χ0) is 9.07. The van der Waals surface area contributed by atoms with Crippen LogP contribution in [0.25, 0.3) is 0 Å². The summed E-state index contributed by atoms with van der Waals surface area (Å²) in [6.07, 6.45) is 2.17. The minimum absolute atomic E-state index is 0. The third-order valence-corrected chi connectivity index (χ3v) is 1.75. The summed E-state index contributed by atoms with van der Waals surface area (Å²) in [7, 11) is 10.5. The maximum atomic E-state index is 8.17. The van der Waals surface area contributed by atoms with E-state index < -0.39 is 0 Å². The van der Waals surface area contributed by atoms with Crippen LogP contribution in [0.2, 0.25) is 0 Å². The van der Waals surface area contributed by atoms with Gasteiger partial charge in [0.2, 0.25) is 0 Å². The van der Waals surface area contributed by atoms with Crippen LogP contribution in [-0.4, -0.2) is 56.0 Å². The van der Waals surface area contributed by atoms with Gasteiger partial charge in [0.05, 0.1) is 27.2 Å². The van der Waals surface area contributed by atoms with E-state index in [1.807, 2.05) is 0 Å². The Balaban J connectivity index is 0. The van der Waals surface area contributed by atoms with Crippen molar-refractivity contribution in [3.05, 3.63) is 0 Å². The smallest absolute Gasteiger partial charge is 0.0855 e. The normalized spacial score (nSPS) is 16.2. The maximum absolute atomic E-state index is 8.17. The minimum Gasteiger partial charge on any atom is -1.00 e. The van der Waals surface area contributed by atoms with Crippen LogP contribution in [0, 0.1) is 0 Å². The highest BCUT2D eigenvalue weighted by Gasteiger charge is 2.15. The monoisotopic (exact) mass is 196 g/mol. The SMILES string of the molecule is CN(C)[N+](C)(C)C.OC1CC1.[Cl-]. The largest absolute Gasteiger partial charge is 1.00 e. The Bertz CT molecular complexity index is 108. The van der Waals surface area contributed by atoms with Crippen LogP contribution in [0.5, 0.6) is 0 Å². The number of aliphatic hydroxyl groups is 1. The second-order valence-electron chi connectivity index (χ2n) is 4.02. The van der Waals surface area contributed by atoms with Gasteiger partial charge in [0, 0.05) is 14.1 Å². The predicted octanol–water partition coefficient (Wildman–Crippen LogP) is -2.69. The summed E-state index contributed by atoms with van der Waals surface area (Å²) < 4.78 is 0.889. The second-order valence-corrected chi connectivity index (χ2v) is 4.02. The van der Waals surface area contributed by atoms with Crippen LogP contribution < -0.4 is 12.4 Å². The van der Waals surface area contributed by atoms with Crippen molar-refractivity contribution in [2.24, 2.45) is 0 Å². The molecule has 1 fully saturated rings. The minimum atomic E-state index is 0. The second kappa shape index (κ2) is 5.75. The van der Waals surface area contributed by atoms with Gasteiger partial charge in [-0.3, -0.25) is 4.59 Å². The van der Waals surface area contributed by atoms with E-state index in [0.29, 0.717) is 0 Å². The van der Waals surface area contributed by atoms with Gasteiger partial charge >= 0.3 is 0 Å². The third kappa shape index (κ3) is 10.2. The van der Waals surface area contributed by atoms with Crippen molar-refractivity contribution in [3.63, 3.8) is 0 Å². The van der Waals surface area contributed by atoms with Gasteiger partial charge in [0.1, 0.15) is 0 Å². The van der Waals surface area contributed by atoms with Gasteiger partial charge < -0.3 is 17.5 Å². The summed E-state index contributed by atoms with van der Waals surface area (Å²) in [6, 6.07) is 0. The molecule has 12 heavy (non-hydrogen) atoms. The van der Waals surface area contributed by atoms with Crippen molar-refractivity contribution >= 4 is 0 Å². The lowest BCUT2D eigenvalue weighted by Gasteiger charge is -2.29. The van der Waals surface area contributed by atoms with Crippen molar-refractivity contribution in [2.45, 2.75) is 18.9 Å². The molecular formula is C8H21ClN2O.